The third-order valence-electron chi connectivity index (χ3n) is 4.01. The van der Waals surface area contributed by atoms with Gasteiger partial charge in [0.25, 0.3) is 0 Å². The molecule has 0 aliphatic rings. The van der Waals surface area contributed by atoms with Crippen molar-refractivity contribution in [3.05, 3.63) is 84.6 Å². The van der Waals surface area contributed by atoms with Crippen LogP contribution in [-0.4, -0.2) is 13.4 Å². The highest BCUT2D eigenvalue weighted by atomic mass is 32.2. The summed E-state index contributed by atoms with van der Waals surface area (Å²) in [7, 11) is -3.98. The molecular weight excluding hydrogens is 383 g/mol. The van der Waals surface area contributed by atoms with Crippen molar-refractivity contribution in [2.75, 3.05) is 5.32 Å². The first-order valence-corrected chi connectivity index (χ1v) is 9.86. The van der Waals surface area contributed by atoms with Crippen molar-refractivity contribution in [2.24, 2.45) is 0 Å². The predicted octanol–water partition coefficient (Wildman–Crippen LogP) is 4.52. The predicted molar refractivity (Wildman–Crippen MR) is 99.8 cm³/mol. The van der Waals surface area contributed by atoms with Crippen molar-refractivity contribution in [1.29, 1.82) is 0 Å². The molecule has 0 spiro atoms. The Morgan fingerprint density at radius 3 is 2.43 bits per heavy atom. The van der Waals surface area contributed by atoms with Gasteiger partial charge in [0.2, 0.25) is 26.6 Å². The number of oxazole rings is 1. The van der Waals surface area contributed by atoms with Gasteiger partial charge in [0.15, 0.2) is 0 Å². The van der Waals surface area contributed by atoms with Crippen LogP contribution in [0.15, 0.2) is 91.7 Å². The Labute approximate surface area is 160 Å². The SMILES string of the molecule is O=S(=O)(c1ccccc1)c1nc(-c2ccccc2F)oc1NCc1ccco1. The number of nitrogens with zero attached hydrogens (tertiary/aromatic N) is 1. The molecule has 2 aromatic heterocycles. The van der Waals surface area contributed by atoms with Crippen LogP contribution in [0.3, 0.4) is 0 Å². The van der Waals surface area contributed by atoms with Crippen LogP contribution in [-0.2, 0) is 16.4 Å². The highest BCUT2D eigenvalue weighted by Gasteiger charge is 2.29. The Hall–Kier alpha value is -3.39. The van der Waals surface area contributed by atoms with Crippen molar-refractivity contribution < 1.29 is 21.6 Å². The summed E-state index contributed by atoms with van der Waals surface area (Å²) in [5.41, 5.74) is 0.0676. The summed E-state index contributed by atoms with van der Waals surface area (Å²) in [5.74, 6) is -0.204. The molecule has 0 bridgehead atoms. The summed E-state index contributed by atoms with van der Waals surface area (Å²) >= 11 is 0. The zero-order valence-electron chi connectivity index (χ0n) is 14.5. The molecule has 142 valence electrons. The van der Waals surface area contributed by atoms with Crippen LogP contribution in [0.1, 0.15) is 5.76 Å². The minimum Gasteiger partial charge on any atom is -0.467 e. The number of furan rings is 1. The van der Waals surface area contributed by atoms with Gasteiger partial charge in [-0.3, -0.25) is 0 Å². The van der Waals surface area contributed by atoms with E-state index < -0.39 is 15.7 Å². The van der Waals surface area contributed by atoms with E-state index in [9.17, 15) is 12.8 Å². The molecule has 8 heteroatoms. The largest absolute Gasteiger partial charge is 0.467 e. The summed E-state index contributed by atoms with van der Waals surface area (Å²) in [4.78, 5) is 4.16. The van der Waals surface area contributed by atoms with E-state index in [0.29, 0.717) is 5.76 Å². The second kappa shape index (κ2) is 7.32. The van der Waals surface area contributed by atoms with Gasteiger partial charge < -0.3 is 14.2 Å². The molecule has 2 heterocycles. The number of sulfone groups is 1. The molecule has 0 saturated heterocycles. The number of hydrogen-bond acceptors (Lipinski definition) is 6. The third kappa shape index (κ3) is 3.41. The van der Waals surface area contributed by atoms with E-state index in [1.165, 1.54) is 36.6 Å². The van der Waals surface area contributed by atoms with Crippen molar-refractivity contribution in [3.63, 3.8) is 0 Å². The average molecular weight is 398 g/mol. The van der Waals surface area contributed by atoms with Crippen LogP contribution in [0.5, 0.6) is 0 Å². The Bertz CT molecular complexity index is 1190. The van der Waals surface area contributed by atoms with E-state index in [0.717, 1.165) is 0 Å². The van der Waals surface area contributed by atoms with Crippen molar-refractivity contribution in [3.8, 4) is 11.5 Å². The molecule has 0 aliphatic heterocycles. The molecule has 0 unspecified atom stereocenters. The van der Waals surface area contributed by atoms with E-state index >= 15 is 0 Å². The van der Waals surface area contributed by atoms with Gasteiger partial charge in [0.05, 0.1) is 23.3 Å². The maximum atomic E-state index is 14.2. The molecule has 0 aliphatic carbocycles. The van der Waals surface area contributed by atoms with Gasteiger partial charge in [0.1, 0.15) is 11.6 Å². The minimum absolute atomic E-state index is 0.0597. The van der Waals surface area contributed by atoms with Gasteiger partial charge >= 0.3 is 0 Å². The summed E-state index contributed by atoms with van der Waals surface area (Å²) in [6, 6.07) is 17.2. The van der Waals surface area contributed by atoms with Gasteiger partial charge in [-0.2, -0.15) is 4.98 Å². The van der Waals surface area contributed by atoms with Crippen LogP contribution < -0.4 is 5.32 Å². The fourth-order valence-corrected chi connectivity index (χ4v) is 3.94. The maximum Gasteiger partial charge on any atom is 0.234 e. The number of hydrogen-bond donors (Lipinski definition) is 1. The van der Waals surface area contributed by atoms with E-state index in [1.807, 2.05) is 0 Å². The van der Waals surface area contributed by atoms with E-state index in [1.54, 1.807) is 36.4 Å². The molecule has 6 nitrogen and oxygen atoms in total. The Morgan fingerprint density at radius 2 is 1.71 bits per heavy atom. The molecule has 0 amide bonds. The zero-order chi connectivity index (χ0) is 19.6. The minimum atomic E-state index is -3.98. The van der Waals surface area contributed by atoms with E-state index in [2.05, 4.69) is 10.3 Å². The third-order valence-corrected chi connectivity index (χ3v) is 5.69. The summed E-state index contributed by atoms with van der Waals surface area (Å²) in [6.07, 6.45) is 1.50. The molecule has 0 atom stereocenters. The first-order chi connectivity index (χ1) is 13.6. The van der Waals surface area contributed by atoms with Gasteiger partial charge in [-0.15, -0.1) is 0 Å². The van der Waals surface area contributed by atoms with Crippen LogP contribution in [0.25, 0.3) is 11.5 Å². The van der Waals surface area contributed by atoms with Gasteiger partial charge in [0, 0.05) is 0 Å². The fraction of sp³-hybridized carbons (Fsp3) is 0.0500. The first kappa shape index (κ1) is 18.0. The number of halogens is 1. The number of rotatable bonds is 6. The molecule has 2 aromatic carbocycles. The van der Waals surface area contributed by atoms with Crippen LogP contribution in [0.2, 0.25) is 0 Å². The molecule has 0 saturated carbocycles. The quantitative estimate of drug-likeness (QED) is 0.514. The normalized spacial score (nSPS) is 11.5. The number of aromatic nitrogens is 1. The topological polar surface area (TPSA) is 85.3 Å². The summed E-state index contributed by atoms with van der Waals surface area (Å²) in [6.45, 7) is 0.177. The van der Waals surface area contributed by atoms with E-state index in [4.69, 9.17) is 8.83 Å². The molecule has 28 heavy (non-hydrogen) atoms. The molecule has 0 radical (unpaired) electrons. The molecule has 4 aromatic rings. The fourth-order valence-electron chi connectivity index (χ4n) is 2.64. The van der Waals surface area contributed by atoms with Crippen LogP contribution >= 0.6 is 0 Å². The summed E-state index contributed by atoms with van der Waals surface area (Å²) in [5, 5.41) is 2.56. The lowest BCUT2D eigenvalue weighted by molar-refractivity contribution is 0.510. The highest BCUT2D eigenvalue weighted by molar-refractivity contribution is 7.91. The second-order valence-electron chi connectivity index (χ2n) is 5.88. The monoisotopic (exact) mass is 398 g/mol. The van der Waals surface area contributed by atoms with Crippen molar-refractivity contribution in [1.82, 2.24) is 4.98 Å². The van der Waals surface area contributed by atoms with Gasteiger partial charge in [-0.1, -0.05) is 30.3 Å². The molecular formula is C20H15FN2O4S. The maximum absolute atomic E-state index is 14.2. The smallest absolute Gasteiger partial charge is 0.234 e. The standard InChI is InChI=1S/C20H15FN2O4S/c21-17-11-5-4-10-16(17)18-23-20(28(24,25)15-8-2-1-3-9-15)19(27-18)22-13-14-7-6-12-26-14/h1-12,22H,13H2. The van der Waals surface area contributed by atoms with Gasteiger partial charge in [-0.25, -0.2) is 12.8 Å². The number of benzene rings is 2. The lowest BCUT2D eigenvalue weighted by Gasteiger charge is -2.04. The summed E-state index contributed by atoms with van der Waals surface area (Å²) < 4.78 is 51.1. The molecule has 1 N–H and O–H groups in total. The van der Waals surface area contributed by atoms with E-state index in [-0.39, 0.29) is 33.8 Å². The Kier molecular flexibility index (Phi) is 4.70. The van der Waals surface area contributed by atoms with Crippen molar-refractivity contribution in [2.45, 2.75) is 16.5 Å². The Balaban J connectivity index is 1.80. The Morgan fingerprint density at radius 1 is 0.964 bits per heavy atom. The van der Waals surface area contributed by atoms with Crippen LogP contribution in [0, 0.1) is 5.82 Å². The molecule has 0 fully saturated rings. The molecule has 4 rings (SSSR count). The average Bonchev–Trinajstić information content (AvgIpc) is 3.37. The van der Waals surface area contributed by atoms with Crippen molar-refractivity contribution >= 4 is 15.7 Å². The highest BCUT2D eigenvalue weighted by Crippen LogP contribution is 2.33. The number of nitrogens with one attached hydrogen (secondary N) is 1. The lowest BCUT2D eigenvalue weighted by Crippen LogP contribution is -2.07. The lowest BCUT2D eigenvalue weighted by atomic mass is 10.2. The van der Waals surface area contributed by atoms with Crippen LogP contribution in [0.4, 0.5) is 10.3 Å². The zero-order valence-corrected chi connectivity index (χ0v) is 15.3. The van der Waals surface area contributed by atoms with Gasteiger partial charge in [-0.05, 0) is 36.4 Å². The number of anilines is 1. The first-order valence-electron chi connectivity index (χ1n) is 8.38. The second-order valence-corrected chi connectivity index (χ2v) is 7.75.